The van der Waals surface area contributed by atoms with Gasteiger partial charge >= 0.3 is 5.97 Å². The molecule has 2 aromatic rings. The number of nitrogens with one attached hydrogen (secondary N) is 1. The van der Waals surface area contributed by atoms with E-state index in [1.165, 1.54) is 0 Å². The highest BCUT2D eigenvalue weighted by Crippen LogP contribution is 2.44. The van der Waals surface area contributed by atoms with Crippen LogP contribution in [-0.2, 0) is 20.9 Å². The summed E-state index contributed by atoms with van der Waals surface area (Å²) in [5.41, 5.74) is 4.39. The predicted molar refractivity (Wildman–Crippen MR) is 125 cm³/mol. The molecule has 1 aliphatic carbocycles. The van der Waals surface area contributed by atoms with E-state index in [9.17, 15) is 9.59 Å². The first-order chi connectivity index (χ1) is 16.0. The van der Waals surface area contributed by atoms with E-state index in [1.807, 2.05) is 62.4 Å². The first kappa shape index (κ1) is 22.6. The number of rotatable bonds is 7. The molecule has 0 fully saturated rings. The van der Waals surface area contributed by atoms with Crippen molar-refractivity contribution in [2.45, 2.75) is 45.6 Å². The van der Waals surface area contributed by atoms with Gasteiger partial charge in [0.05, 0.1) is 19.3 Å². The molecule has 6 heteroatoms. The molecule has 0 radical (unpaired) electrons. The van der Waals surface area contributed by atoms with Gasteiger partial charge in [0.25, 0.3) is 0 Å². The van der Waals surface area contributed by atoms with Crippen LogP contribution in [0.3, 0.4) is 0 Å². The molecule has 6 nitrogen and oxygen atoms in total. The number of allylic oxidation sites excluding steroid dienone is 3. The van der Waals surface area contributed by atoms with Crippen molar-refractivity contribution in [1.29, 1.82) is 0 Å². The topological polar surface area (TPSA) is 73.9 Å². The lowest BCUT2D eigenvalue weighted by Crippen LogP contribution is -2.34. The summed E-state index contributed by atoms with van der Waals surface area (Å²) in [6.07, 6.45) is 2.04. The molecule has 0 spiro atoms. The van der Waals surface area contributed by atoms with Crippen molar-refractivity contribution in [2.24, 2.45) is 0 Å². The molecule has 0 amide bonds. The van der Waals surface area contributed by atoms with Gasteiger partial charge in [0.2, 0.25) is 0 Å². The van der Waals surface area contributed by atoms with Gasteiger partial charge in [-0.25, -0.2) is 4.79 Å². The van der Waals surface area contributed by atoms with Crippen LogP contribution in [0.2, 0.25) is 0 Å². The minimum atomic E-state index is -0.526. The maximum atomic E-state index is 13.4. The molecule has 172 valence electrons. The molecule has 0 unspecified atom stereocenters. The van der Waals surface area contributed by atoms with E-state index < -0.39 is 11.9 Å². The zero-order valence-electron chi connectivity index (χ0n) is 19.3. The number of carbonyl (C=O) groups excluding carboxylic acids is 2. The van der Waals surface area contributed by atoms with E-state index in [2.05, 4.69) is 5.32 Å². The van der Waals surface area contributed by atoms with Gasteiger partial charge in [-0.2, -0.15) is 0 Å². The molecular formula is C27H29NO5. The van der Waals surface area contributed by atoms with Gasteiger partial charge in [-0.3, -0.25) is 4.79 Å². The lowest BCUT2D eigenvalue weighted by molar-refractivity contribution is -0.140. The second-order valence-corrected chi connectivity index (χ2v) is 8.17. The molecular weight excluding hydrogens is 418 g/mol. The minimum absolute atomic E-state index is 0.0578. The second-order valence-electron chi connectivity index (χ2n) is 8.17. The Morgan fingerprint density at radius 3 is 2.61 bits per heavy atom. The number of hydrogen-bond donors (Lipinski definition) is 1. The number of hydrogen-bond acceptors (Lipinski definition) is 6. The van der Waals surface area contributed by atoms with Crippen LogP contribution in [0, 0.1) is 0 Å². The van der Waals surface area contributed by atoms with E-state index in [1.54, 1.807) is 7.11 Å². The zero-order valence-corrected chi connectivity index (χ0v) is 19.3. The van der Waals surface area contributed by atoms with Crippen LogP contribution in [0.15, 0.2) is 71.1 Å². The Kier molecular flexibility index (Phi) is 6.82. The second kappa shape index (κ2) is 9.94. The standard InChI is InChI=1S/C27H29NO5/c1-4-32-22-14-13-19(15-23(22)31-3)25-24(27(30)33-16-18-9-6-5-7-10-18)17(2)28-20-11-8-12-21(29)26(20)25/h5-7,9-10,13-15,25,28H,4,8,11-12,16H2,1-3H3/t25-/m1/s1. The van der Waals surface area contributed by atoms with E-state index in [0.29, 0.717) is 41.4 Å². The third-order valence-corrected chi connectivity index (χ3v) is 6.03. The van der Waals surface area contributed by atoms with Gasteiger partial charge in [0.1, 0.15) is 6.61 Å². The van der Waals surface area contributed by atoms with Crippen molar-refractivity contribution in [3.63, 3.8) is 0 Å². The molecule has 0 saturated heterocycles. The third-order valence-electron chi connectivity index (χ3n) is 6.03. The van der Waals surface area contributed by atoms with Crippen LogP contribution in [0.25, 0.3) is 0 Å². The smallest absolute Gasteiger partial charge is 0.337 e. The Bertz CT molecular complexity index is 1120. The number of carbonyl (C=O) groups is 2. The van der Waals surface area contributed by atoms with Crippen LogP contribution >= 0.6 is 0 Å². The van der Waals surface area contributed by atoms with Crippen molar-refractivity contribution >= 4 is 11.8 Å². The SMILES string of the molecule is CCOc1ccc([C@@H]2C(C(=O)OCc3ccccc3)=C(C)NC3=C2C(=O)CCC3)cc1OC. The quantitative estimate of drug-likeness (QED) is 0.615. The van der Waals surface area contributed by atoms with Gasteiger partial charge in [-0.1, -0.05) is 36.4 Å². The Balaban J connectivity index is 1.74. The molecule has 1 atom stereocenters. The normalized spacial score (nSPS) is 17.9. The van der Waals surface area contributed by atoms with Crippen molar-refractivity contribution in [3.05, 3.63) is 82.2 Å². The van der Waals surface area contributed by atoms with Crippen LogP contribution in [-0.4, -0.2) is 25.5 Å². The highest BCUT2D eigenvalue weighted by Gasteiger charge is 2.39. The lowest BCUT2D eigenvalue weighted by atomic mass is 9.75. The predicted octanol–water partition coefficient (Wildman–Crippen LogP) is 4.81. The summed E-state index contributed by atoms with van der Waals surface area (Å²) in [6.45, 7) is 4.44. The number of benzene rings is 2. The van der Waals surface area contributed by atoms with Gasteiger partial charge in [-0.05, 0) is 49.9 Å². The summed E-state index contributed by atoms with van der Waals surface area (Å²) in [6, 6.07) is 15.1. The van der Waals surface area contributed by atoms with E-state index >= 15 is 0 Å². The Labute approximate surface area is 194 Å². The van der Waals surface area contributed by atoms with Crippen LogP contribution in [0.1, 0.15) is 50.2 Å². The van der Waals surface area contributed by atoms with Crippen molar-refractivity contribution in [3.8, 4) is 11.5 Å². The number of dihydropyridines is 1. The average molecular weight is 448 g/mol. The number of methoxy groups -OCH3 is 1. The maximum Gasteiger partial charge on any atom is 0.337 e. The molecule has 1 N–H and O–H groups in total. The monoisotopic (exact) mass is 447 g/mol. The van der Waals surface area contributed by atoms with E-state index in [-0.39, 0.29) is 12.4 Å². The molecule has 4 rings (SSSR count). The summed E-state index contributed by atoms with van der Waals surface area (Å²) in [5.74, 6) is 0.277. The molecule has 33 heavy (non-hydrogen) atoms. The fraction of sp³-hybridized carbons (Fsp3) is 0.333. The van der Waals surface area contributed by atoms with Gasteiger partial charge < -0.3 is 19.5 Å². The minimum Gasteiger partial charge on any atom is -0.493 e. The fourth-order valence-corrected chi connectivity index (χ4v) is 4.53. The fourth-order valence-electron chi connectivity index (χ4n) is 4.53. The first-order valence-corrected chi connectivity index (χ1v) is 11.3. The summed E-state index contributed by atoms with van der Waals surface area (Å²) >= 11 is 0. The van der Waals surface area contributed by atoms with E-state index in [4.69, 9.17) is 14.2 Å². The summed E-state index contributed by atoms with van der Waals surface area (Å²) in [7, 11) is 1.58. The number of Topliss-reactive ketones (excluding diaryl/α,β-unsaturated/α-hetero) is 1. The zero-order chi connectivity index (χ0) is 23.4. The largest absolute Gasteiger partial charge is 0.493 e. The Morgan fingerprint density at radius 1 is 1.09 bits per heavy atom. The first-order valence-electron chi connectivity index (χ1n) is 11.3. The molecule has 0 aromatic heterocycles. The molecule has 2 aromatic carbocycles. The van der Waals surface area contributed by atoms with E-state index in [0.717, 1.165) is 29.7 Å². The summed E-state index contributed by atoms with van der Waals surface area (Å²) < 4.78 is 16.9. The highest BCUT2D eigenvalue weighted by molar-refractivity contribution is 6.03. The highest BCUT2D eigenvalue weighted by atomic mass is 16.5. The van der Waals surface area contributed by atoms with Gasteiger partial charge in [0, 0.05) is 29.3 Å². The molecule has 1 heterocycles. The molecule has 1 aliphatic heterocycles. The number of ether oxygens (including phenoxy) is 3. The lowest BCUT2D eigenvalue weighted by Gasteiger charge is -2.34. The van der Waals surface area contributed by atoms with Crippen molar-refractivity contribution in [2.75, 3.05) is 13.7 Å². The maximum absolute atomic E-state index is 13.4. The van der Waals surface area contributed by atoms with Gasteiger partial charge in [0.15, 0.2) is 17.3 Å². The number of esters is 1. The molecule has 2 aliphatic rings. The molecule has 0 bridgehead atoms. The van der Waals surface area contributed by atoms with Crippen LogP contribution in [0.5, 0.6) is 11.5 Å². The van der Waals surface area contributed by atoms with Crippen LogP contribution < -0.4 is 14.8 Å². The van der Waals surface area contributed by atoms with Crippen molar-refractivity contribution < 1.29 is 23.8 Å². The summed E-state index contributed by atoms with van der Waals surface area (Å²) in [4.78, 5) is 26.4. The van der Waals surface area contributed by atoms with Crippen molar-refractivity contribution in [1.82, 2.24) is 5.32 Å². The number of ketones is 1. The molecule has 0 saturated carbocycles. The Morgan fingerprint density at radius 2 is 1.88 bits per heavy atom. The Hall–Kier alpha value is -3.54. The average Bonchev–Trinajstić information content (AvgIpc) is 2.83. The van der Waals surface area contributed by atoms with Crippen LogP contribution in [0.4, 0.5) is 0 Å². The summed E-state index contributed by atoms with van der Waals surface area (Å²) in [5, 5.41) is 3.32. The third kappa shape index (κ3) is 4.65. The van der Waals surface area contributed by atoms with Gasteiger partial charge in [-0.15, -0.1) is 0 Å².